The number of nitrogens with zero attached hydrogens (tertiary/aromatic N) is 1. The number of hydrogen-bond donors (Lipinski definition) is 2. The predicted molar refractivity (Wildman–Crippen MR) is 69.3 cm³/mol. The fourth-order valence-corrected chi connectivity index (χ4v) is 2.18. The Morgan fingerprint density at radius 3 is 2.47 bits per heavy atom. The largest absolute Gasteiger partial charge is 0.508 e. The Labute approximate surface area is 101 Å². The van der Waals surface area contributed by atoms with Gasteiger partial charge < -0.3 is 10.2 Å². The maximum absolute atomic E-state index is 9.70. The molecule has 0 fully saturated rings. The summed E-state index contributed by atoms with van der Waals surface area (Å²) >= 11 is 0. The molecule has 1 aliphatic rings. The number of aliphatic imine (C=N–C) groups is 1. The number of phenols is 1. The van der Waals surface area contributed by atoms with Crippen LogP contribution in [0.1, 0.15) is 38.0 Å². The van der Waals surface area contributed by atoms with Gasteiger partial charge in [0.15, 0.2) is 0 Å². The first-order valence-electron chi connectivity index (χ1n) is 5.72. The smallest absolute Gasteiger partial charge is 0.116 e. The number of hydrogen-bond acceptors (Lipinski definition) is 3. The molecule has 0 spiro atoms. The zero-order valence-corrected chi connectivity index (χ0v) is 10.4. The topological polar surface area (TPSA) is 52.8 Å². The summed E-state index contributed by atoms with van der Waals surface area (Å²) in [6, 6.07) is 5.22. The second-order valence-corrected chi connectivity index (χ2v) is 4.55. The molecule has 0 saturated heterocycles. The standard InChI is InChI=1S/C14H17NO2/c1-8-7-15-9(2)14(8)12-4-11(10(3)16)5-13(17)6-12/h4-6,10,16-17H,7H2,1-3H3. The van der Waals surface area contributed by atoms with Gasteiger partial charge >= 0.3 is 0 Å². The van der Waals surface area contributed by atoms with E-state index >= 15 is 0 Å². The number of aliphatic hydroxyl groups excluding tert-OH is 1. The van der Waals surface area contributed by atoms with E-state index in [0.717, 1.165) is 29.0 Å². The lowest BCUT2D eigenvalue weighted by Crippen LogP contribution is -1.98. The van der Waals surface area contributed by atoms with Crippen LogP contribution in [0.15, 0.2) is 28.8 Å². The van der Waals surface area contributed by atoms with Gasteiger partial charge in [-0.2, -0.15) is 0 Å². The first kappa shape index (κ1) is 11.9. The summed E-state index contributed by atoms with van der Waals surface area (Å²) in [7, 11) is 0. The van der Waals surface area contributed by atoms with Crippen LogP contribution in [-0.2, 0) is 0 Å². The third-order valence-corrected chi connectivity index (χ3v) is 3.05. The van der Waals surface area contributed by atoms with Crippen LogP contribution in [0.25, 0.3) is 5.57 Å². The lowest BCUT2D eigenvalue weighted by molar-refractivity contribution is 0.199. The van der Waals surface area contributed by atoms with Crippen molar-refractivity contribution in [1.29, 1.82) is 0 Å². The number of aromatic hydroxyl groups is 1. The van der Waals surface area contributed by atoms with Gasteiger partial charge in [-0.1, -0.05) is 0 Å². The van der Waals surface area contributed by atoms with Gasteiger partial charge in [-0.05, 0) is 55.7 Å². The fraction of sp³-hybridized carbons (Fsp3) is 0.357. The summed E-state index contributed by atoms with van der Waals surface area (Å²) < 4.78 is 0. The maximum atomic E-state index is 9.70. The lowest BCUT2D eigenvalue weighted by Gasteiger charge is -2.11. The molecular formula is C14H17NO2. The van der Waals surface area contributed by atoms with Crippen molar-refractivity contribution in [1.82, 2.24) is 0 Å². The van der Waals surface area contributed by atoms with E-state index in [9.17, 15) is 10.2 Å². The molecule has 1 aliphatic heterocycles. The maximum Gasteiger partial charge on any atom is 0.116 e. The van der Waals surface area contributed by atoms with Crippen molar-refractivity contribution in [2.45, 2.75) is 26.9 Å². The molecular weight excluding hydrogens is 214 g/mol. The molecule has 3 nitrogen and oxygen atoms in total. The van der Waals surface area contributed by atoms with Gasteiger partial charge in [-0.15, -0.1) is 0 Å². The van der Waals surface area contributed by atoms with E-state index in [4.69, 9.17) is 0 Å². The van der Waals surface area contributed by atoms with Gasteiger partial charge in [0, 0.05) is 11.3 Å². The Morgan fingerprint density at radius 2 is 1.94 bits per heavy atom. The molecule has 2 rings (SSSR count). The van der Waals surface area contributed by atoms with E-state index in [1.807, 2.05) is 19.9 Å². The highest BCUT2D eigenvalue weighted by Crippen LogP contribution is 2.30. The summed E-state index contributed by atoms with van der Waals surface area (Å²) in [5, 5.41) is 19.3. The Kier molecular flexibility index (Phi) is 3.03. The summed E-state index contributed by atoms with van der Waals surface area (Å²) in [5.41, 5.74) is 4.93. The monoisotopic (exact) mass is 231 g/mol. The van der Waals surface area contributed by atoms with Gasteiger partial charge in [-0.3, -0.25) is 4.99 Å². The molecule has 0 aliphatic carbocycles. The summed E-state index contributed by atoms with van der Waals surface area (Å²) in [6.07, 6.45) is -0.583. The van der Waals surface area contributed by atoms with Crippen molar-refractivity contribution < 1.29 is 10.2 Å². The molecule has 1 aromatic rings. The fourth-order valence-electron chi connectivity index (χ4n) is 2.18. The molecule has 0 aromatic heterocycles. The van der Waals surface area contributed by atoms with Crippen molar-refractivity contribution in [3.05, 3.63) is 34.9 Å². The van der Waals surface area contributed by atoms with Gasteiger partial charge in [0.1, 0.15) is 5.75 Å². The van der Waals surface area contributed by atoms with Crippen molar-refractivity contribution >= 4 is 11.3 Å². The third kappa shape index (κ3) is 2.24. The van der Waals surface area contributed by atoms with E-state index < -0.39 is 6.10 Å². The molecule has 1 atom stereocenters. The molecule has 1 aromatic carbocycles. The predicted octanol–water partition coefficient (Wildman–Crippen LogP) is 2.69. The summed E-state index contributed by atoms with van der Waals surface area (Å²) in [6.45, 7) is 6.43. The van der Waals surface area contributed by atoms with Crippen LogP contribution in [0.5, 0.6) is 5.75 Å². The lowest BCUT2D eigenvalue weighted by atomic mass is 9.96. The number of rotatable bonds is 2. The van der Waals surface area contributed by atoms with Gasteiger partial charge in [0.25, 0.3) is 0 Å². The SMILES string of the molecule is CC1=NCC(C)=C1c1cc(O)cc(C(C)O)c1. The zero-order valence-electron chi connectivity index (χ0n) is 10.4. The second-order valence-electron chi connectivity index (χ2n) is 4.55. The molecule has 90 valence electrons. The minimum atomic E-state index is -0.583. The summed E-state index contributed by atoms with van der Waals surface area (Å²) in [4.78, 5) is 4.38. The van der Waals surface area contributed by atoms with Crippen LogP contribution >= 0.6 is 0 Å². The van der Waals surface area contributed by atoms with E-state index in [0.29, 0.717) is 0 Å². The molecule has 2 N–H and O–H groups in total. The van der Waals surface area contributed by atoms with Gasteiger partial charge in [0.2, 0.25) is 0 Å². The molecule has 0 saturated carbocycles. The van der Waals surface area contributed by atoms with Crippen LogP contribution in [-0.4, -0.2) is 22.5 Å². The third-order valence-electron chi connectivity index (χ3n) is 3.05. The second kappa shape index (κ2) is 4.34. The molecule has 1 unspecified atom stereocenters. The number of aliphatic hydroxyl groups is 1. The highest BCUT2D eigenvalue weighted by atomic mass is 16.3. The van der Waals surface area contributed by atoms with Crippen LogP contribution < -0.4 is 0 Å². The highest BCUT2D eigenvalue weighted by Gasteiger charge is 2.16. The molecule has 17 heavy (non-hydrogen) atoms. The molecule has 0 radical (unpaired) electrons. The van der Waals surface area contributed by atoms with Gasteiger partial charge in [-0.25, -0.2) is 0 Å². The van der Waals surface area contributed by atoms with Crippen molar-refractivity contribution in [3.8, 4) is 5.75 Å². The number of allylic oxidation sites excluding steroid dienone is 1. The highest BCUT2D eigenvalue weighted by molar-refractivity contribution is 6.25. The molecule has 0 bridgehead atoms. The average Bonchev–Trinajstić information content (AvgIpc) is 2.57. The van der Waals surface area contributed by atoms with Crippen LogP contribution in [0, 0.1) is 0 Å². The average molecular weight is 231 g/mol. The van der Waals surface area contributed by atoms with Crippen LogP contribution in [0.3, 0.4) is 0 Å². The number of benzene rings is 1. The van der Waals surface area contributed by atoms with Crippen LogP contribution in [0.2, 0.25) is 0 Å². The summed E-state index contributed by atoms with van der Waals surface area (Å²) in [5.74, 6) is 0.179. The first-order chi connectivity index (χ1) is 7.99. The normalized spacial score (nSPS) is 17.3. The Hall–Kier alpha value is -1.61. The van der Waals surface area contributed by atoms with E-state index in [1.165, 1.54) is 5.57 Å². The number of phenolic OH excluding ortho intramolecular Hbond substituents is 1. The Bertz CT molecular complexity index is 513. The molecule has 0 amide bonds. The van der Waals surface area contributed by atoms with Crippen LogP contribution in [0.4, 0.5) is 0 Å². The quantitative estimate of drug-likeness (QED) is 0.822. The zero-order chi connectivity index (χ0) is 12.6. The Morgan fingerprint density at radius 1 is 1.24 bits per heavy atom. The van der Waals surface area contributed by atoms with E-state index in [-0.39, 0.29) is 5.75 Å². The van der Waals surface area contributed by atoms with Crippen molar-refractivity contribution in [3.63, 3.8) is 0 Å². The van der Waals surface area contributed by atoms with Crippen molar-refractivity contribution in [2.75, 3.05) is 6.54 Å². The Balaban J connectivity index is 2.53. The molecule has 3 heteroatoms. The van der Waals surface area contributed by atoms with E-state index in [1.54, 1.807) is 19.1 Å². The molecule has 1 heterocycles. The minimum Gasteiger partial charge on any atom is -0.508 e. The van der Waals surface area contributed by atoms with E-state index in [2.05, 4.69) is 4.99 Å². The van der Waals surface area contributed by atoms with Gasteiger partial charge in [0.05, 0.1) is 12.6 Å². The van der Waals surface area contributed by atoms with Crippen molar-refractivity contribution in [2.24, 2.45) is 4.99 Å². The minimum absolute atomic E-state index is 0.179. The first-order valence-corrected chi connectivity index (χ1v) is 5.72.